The van der Waals surface area contributed by atoms with Crippen LogP contribution in [0.15, 0.2) is 72.0 Å². The number of aromatic nitrogens is 1. The van der Waals surface area contributed by atoms with Crippen LogP contribution in [0.1, 0.15) is 5.56 Å². The molecule has 1 aromatic carbocycles. The number of nitrogens with zero attached hydrogens (tertiary/aromatic N) is 1. The summed E-state index contributed by atoms with van der Waals surface area (Å²) in [6.07, 6.45) is 4.99. The summed E-state index contributed by atoms with van der Waals surface area (Å²) in [5.74, 6) is -1.26. The Bertz CT molecular complexity index is 1050. The van der Waals surface area contributed by atoms with Crippen molar-refractivity contribution >= 4 is 29.2 Å². The van der Waals surface area contributed by atoms with Gasteiger partial charge in [0.2, 0.25) is 0 Å². The maximum Gasteiger partial charge on any atom is 0.337 e. The predicted molar refractivity (Wildman–Crippen MR) is 115 cm³/mol. The van der Waals surface area contributed by atoms with Crippen LogP contribution in [0, 0.1) is 0 Å². The maximum absolute atomic E-state index is 12.8. The van der Waals surface area contributed by atoms with E-state index >= 15 is 0 Å². The number of carbonyl (C=O) groups is 2. The lowest BCUT2D eigenvalue weighted by Crippen LogP contribution is -2.49. The van der Waals surface area contributed by atoms with E-state index in [9.17, 15) is 9.59 Å². The summed E-state index contributed by atoms with van der Waals surface area (Å²) in [5.41, 5.74) is 0.788. The van der Waals surface area contributed by atoms with Crippen LogP contribution in [-0.4, -0.2) is 48.9 Å². The zero-order valence-electron chi connectivity index (χ0n) is 17.0. The number of benzene rings is 1. The van der Waals surface area contributed by atoms with Crippen molar-refractivity contribution in [2.75, 3.05) is 19.5 Å². The highest BCUT2D eigenvalue weighted by Crippen LogP contribution is 2.47. The number of rotatable bonds is 7. The van der Waals surface area contributed by atoms with Gasteiger partial charge in [-0.25, -0.2) is 14.6 Å². The van der Waals surface area contributed by atoms with Gasteiger partial charge in [0.15, 0.2) is 0 Å². The molecule has 3 atom stereocenters. The van der Waals surface area contributed by atoms with Crippen LogP contribution in [-0.2, 0) is 30.2 Å². The second-order valence-electron chi connectivity index (χ2n) is 7.22. The molecular weight excluding hydrogens is 420 g/mol. The Morgan fingerprint density at radius 2 is 1.90 bits per heavy atom. The summed E-state index contributed by atoms with van der Waals surface area (Å²) in [6.45, 7) is 0. The van der Waals surface area contributed by atoms with Gasteiger partial charge in [-0.2, -0.15) is 0 Å². The van der Waals surface area contributed by atoms with E-state index in [4.69, 9.17) is 25.8 Å². The number of halogens is 1. The predicted octanol–water partition coefficient (Wildman–Crippen LogP) is 3.11. The maximum atomic E-state index is 12.8. The first-order valence-corrected chi connectivity index (χ1v) is 10.1. The minimum atomic E-state index is -1.23. The van der Waals surface area contributed by atoms with Gasteiger partial charge in [-0.15, -0.1) is 0 Å². The molecule has 0 spiro atoms. The van der Waals surface area contributed by atoms with Crippen molar-refractivity contribution in [1.29, 1.82) is 0 Å². The van der Waals surface area contributed by atoms with Crippen LogP contribution in [0.4, 0.5) is 5.69 Å². The molecule has 0 fully saturated rings. The fourth-order valence-electron chi connectivity index (χ4n) is 4.05. The van der Waals surface area contributed by atoms with Crippen LogP contribution >= 0.6 is 11.6 Å². The van der Waals surface area contributed by atoms with Gasteiger partial charge in [0.1, 0.15) is 16.9 Å². The Balaban J connectivity index is 1.81. The minimum Gasteiger partial charge on any atom is -0.466 e. The fourth-order valence-corrected chi connectivity index (χ4v) is 4.16. The molecule has 31 heavy (non-hydrogen) atoms. The van der Waals surface area contributed by atoms with Gasteiger partial charge in [-0.05, 0) is 36.3 Å². The standard InChI is InChI=1S/C23H21ClN2O5/c1-29-21(27)19-16-10-11-23(31-16,20(19)22(28)30-2)17(26-15-6-4-3-5-7-15)12-14-8-9-18(24)25-13-14/h3-11,13,16-17,26H,12H2,1-2H3. The summed E-state index contributed by atoms with van der Waals surface area (Å²) in [6, 6.07) is 12.6. The van der Waals surface area contributed by atoms with E-state index < -0.39 is 29.7 Å². The molecule has 7 nitrogen and oxygen atoms in total. The smallest absolute Gasteiger partial charge is 0.337 e. The van der Waals surface area contributed by atoms with Gasteiger partial charge in [0, 0.05) is 11.9 Å². The van der Waals surface area contributed by atoms with Crippen molar-refractivity contribution in [3.63, 3.8) is 0 Å². The quantitative estimate of drug-likeness (QED) is 0.402. The van der Waals surface area contributed by atoms with Crippen molar-refractivity contribution in [1.82, 2.24) is 4.98 Å². The lowest BCUT2D eigenvalue weighted by atomic mass is 9.79. The molecule has 0 saturated heterocycles. The fraction of sp³-hybridized carbons (Fsp3) is 0.261. The third-order valence-electron chi connectivity index (χ3n) is 5.44. The molecule has 0 radical (unpaired) electrons. The normalized spacial score (nSPS) is 22.4. The first kappa shape index (κ1) is 21.1. The van der Waals surface area contributed by atoms with E-state index in [2.05, 4.69) is 10.3 Å². The summed E-state index contributed by atoms with van der Waals surface area (Å²) in [7, 11) is 2.54. The van der Waals surface area contributed by atoms with Gasteiger partial charge in [-0.3, -0.25) is 0 Å². The van der Waals surface area contributed by atoms with Crippen LogP contribution in [0.2, 0.25) is 5.15 Å². The molecule has 2 aliphatic rings. The molecule has 2 aromatic rings. The number of ether oxygens (including phenoxy) is 3. The minimum absolute atomic E-state index is 0.143. The van der Waals surface area contributed by atoms with Crippen molar-refractivity contribution in [3.8, 4) is 0 Å². The number of esters is 2. The number of para-hydroxylation sites is 1. The molecule has 4 rings (SSSR count). The van der Waals surface area contributed by atoms with Gasteiger partial charge in [-0.1, -0.05) is 41.9 Å². The highest BCUT2D eigenvalue weighted by Gasteiger charge is 2.58. The topological polar surface area (TPSA) is 86.8 Å². The third-order valence-corrected chi connectivity index (χ3v) is 5.66. The van der Waals surface area contributed by atoms with E-state index in [1.807, 2.05) is 36.4 Å². The van der Waals surface area contributed by atoms with Crippen molar-refractivity contribution in [3.05, 3.63) is 82.7 Å². The van der Waals surface area contributed by atoms with Gasteiger partial charge < -0.3 is 19.5 Å². The molecular formula is C23H21ClN2O5. The second-order valence-corrected chi connectivity index (χ2v) is 7.61. The van der Waals surface area contributed by atoms with Crippen molar-refractivity contribution in [2.24, 2.45) is 0 Å². The molecule has 3 heterocycles. The van der Waals surface area contributed by atoms with Gasteiger partial charge in [0.05, 0.1) is 31.4 Å². The van der Waals surface area contributed by atoms with Gasteiger partial charge >= 0.3 is 11.9 Å². The van der Waals surface area contributed by atoms with Crippen LogP contribution in [0.25, 0.3) is 0 Å². The largest absolute Gasteiger partial charge is 0.466 e. The van der Waals surface area contributed by atoms with Crippen LogP contribution in [0.5, 0.6) is 0 Å². The summed E-state index contributed by atoms with van der Waals surface area (Å²) in [5, 5.41) is 3.84. The van der Waals surface area contributed by atoms with E-state index in [0.29, 0.717) is 11.6 Å². The zero-order valence-corrected chi connectivity index (χ0v) is 17.8. The Morgan fingerprint density at radius 3 is 2.55 bits per heavy atom. The molecule has 2 bridgehead atoms. The molecule has 2 aliphatic heterocycles. The molecule has 1 N–H and O–H groups in total. The molecule has 8 heteroatoms. The van der Waals surface area contributed by atoms with Crippen molar-refractivity contribution < 1.29 is 23.8 Å². The number of anilines is 1. The zero-order chi connectivity index (χ0) is 22.0. The number of fused-ring (bicyclic) bond motifs is 2. The Kier molecular flexibility index (Phi) is 5.80. The number of nitrogens with one attached hydrogen (secondary N) is 1. The Hall–Kier alpha value is -3.16. The number of hydrogen-bond acceptors (Lipinski definition) is 7. The third kappa shape index (κ3) is 3.82. The summed E-state index contributed by atoms with van der Waals surface area (Å²) < 4.78 is 16.2. The molecule has 1 aromatic heterocycles. The van der Waals surface area contributed by atoms with Gasteiger partial charge in [0.25, 0.3) is 0 Å². The molecule has 0 saturated carbocycles. The van der Waals surface area contributed by atoms with Crippen LogP contribution in [0.3, 0.4) is 0 Å². The Labute approximate surface area is 184 Å². The SMILES string of the molecule is COC(=O)C1=C(C(=O)OC)C2(C(Cc3ccc(Cl)nc3)Nc3ccccc3)C=CC1O2. The summed E-state index contributed by atoms with van der Waals surface area (Å²) in [4.78, 5) is 29.5. The molecule has 160 valence electrons. The average molecular weight is 441 g/mol. The average Bonchev–Trinajstić information content (AvgIpc) is 3.38. The highest BCUT2D eigenvalue weighted by molar-refractivity contribution is 6.29. The number of pyridine rings is 1. The number of carbonyl (C=O) groups excluding carboxylic acids is 2. The first-order valence-electron chi connectivity index (χ1n) is 9.69. The van der Waals surface area contributed by atoms with Crippen molar-refractivity contribution in [2.45, 2.75) is 24.2 Å². The molecule has 0 aliphatic carbocycles. The molecule has 3 unspecified atom stereocenters. The molecule has 0 amide bonds. The number of methoxy groups -OCH3 is 2. The lowest BCUT2D eigenvalue weighted by Gasteiger charge is -2.35. The first-order chi connectivity index (χ1) is 15.0. The highest BCUT2D eigenvalue weighted by atomic mass is 35.5. The lowest BCUT2D eigenvalue weighted by molar-refractivity contribution is -0.139. The Morgan fingerprint density at radius 1 is 1.16 bits per heavy atom. The second kappa shape index (κ2) is 8.53. The monoisotopic (exact) mass is 440 g/mol. The summed E-state index contributed by atoms with van der Waals surface area (Å²) >= 11 is 5.94. The van der Waals surface area contributed by atoms with E-state index in [1.54, 1.807) is 24.4 Å². The van der Waals surface area contributed by atoms with E-state index in [0.717, 1.165) is 11.3 Å². The number of hydrogen-bond donors (Lipinski definition) is 1. The van der Waals surface area contributed by atoms with E-state index in [-0.39, 0.29) is 11.1 Å². The van der Waals surface area contributed by atoms with Crippen LogP contribution < -0.4 is 5.32 Å². The van der Waals surface area contributed by atoms with E-state index in [1.165, 1.54) is 14.2 Å².